The molecule has 1 saturated heterocycles. The summed E-state index contributed by atoms with van der Waals surface area (Å²) in [6.45, 7) is 11.4. The molecule has 1 fully saturated rings. The van der Waals surface area contributed by atoms with Crippen molar-refractivity contribution in [3.05, 3.63) is 35.4 Å². The fourth-order valence-corrected chi connectivity index (χ4v) is 3.14. The van der Waals surface area contributed by atoms with Crippen molar-refractivity contribution in [1.82, 2.24) is 15.5 Å². The zero-order chi connectivity index (χ0) is 20.2. The molecule has 3 amide bonds. The van der Waals surface area contributed by atoms with E-state index in [1.807, 2.05) is 38.1 Å². The van der Waals surface area contributed by atoms with E-state index >= 15 is 0 Å². The second-order valence-corrected chi connectivity index (χ2v) is 8.42. The zero-order valence-corrected chi connectivity index (χ0v) is 17.0. The minimum atomic E-state index is -0.305. The molecule has 0 aromatic heterocycles. The minimum Gasteiger partial charge on any atom is -0.354 e. The van der Waals surface area contributed by atoms with Crippen molar-refractivity contribution in [2.75, 3.05) is 19.6 Å². The number of nitrogens with zero attached hydrogens (tertiary/aromatic N) is 1. The number of hydrogen-bond acceptors (Lipinski definition) is 3. The number of carbonyl (C=O) groups excluding carboxylic acids is 3. The summed E-state index contributed by atoms with van der Waals surface area (Å²) < 4.78 is 0. The Morgan fingerprint density at radius 1 is 1.11 bits per heavy atom. The van der Waals surface area contributed by atoms with E-state index in [-0.39, 0.29) is 41.5 Å². The Morgan fingerprint density at radius 3 is 2.22 bits per heavy atom. The maximum Gasteiger partial charge on any atom is 0.251 e. The Bertz CT molecular complexity index is 690. The van der Waals surface area contributed by atoms with Gasteiger partial charge in [-0.3, -0.25) is 14.4 Å². The van der Waals surface area contributed by atoms with E-state index in [1.54, 1.807) is 4.90 Å². The predicted octanol–water partition coefficient (Wildman–Crippen LogP) is 2.09. The molecule has 0 spiro atoms. The molecule has 0 bridgehead atoms. The number of benzene rings is 1. The van der Waals surface area contributed by atoms with E-state index in [0.717, 1.165) is 0 Å². The number of hydrogen-bond donors (Lipinski definition) is 2. The lowest BCUT2D eigenvalue weighted by Crippen LogP contribution is -2.39. The van der Waals surface area contributed by atoms with Crippen LogP contribution >= 0.6 is 0 Å². The molecule has 2 N–H and O–H groups in total. The molecule has 6 nitrogen and oxygen atoms in total. The molecule has 1 unspecified atom stereocenters. The van der Waals surface area contributed by atoms with Crippen LogP contribution in [0.1, 0.15) is 57.0 Å². The molecular weight excluding hydrogens is 342 g/mol. The van der Waals surface area contributed by atoms with Gasteiger partial charge in [-0.15, -0.1) is 0 Å². The summed E-state index contributed by atoms with van der Waals surface area (Å²) >= 11 is 0. The van der Waals surface area contributed by atoms with Crippen LogP contribution < -0.4 is 10.6 Å². The van der Waals surface area contributed by atoms with Crippen LogP contribution in [0.3, 0.4) is 0 Å². The molecule has 148 valence electrons. The second-order valence-electron chi connectivity index (χ2n) is 8.42. The van der Waals surface area contributed by atoms with Crippen LogP contribution in [0.2, 0.25) is 0 Å². The van der Waals surface area contributed by atoms with Gasteiger partial charge in [-0.1, -0.05) is 32.9 Å². The van der Waals surface area contributed by atoms with E-state index in [0.29, 0.717) is 25.2 Å². The topological polar surface area (TPSA) is 78.5 Å². The molecule has 1 aromatic rings. The first kappa shape index (κ1) is 20.9. The van der Waals surface area contributed by atoms with Gasteiger partial charge >= 0.3 is 0 Å². The molecule has 2 rings (SSSR count). The van der Waals surface area contributed by atoms with E-state index in [1.165, 1.54) is 5.56 Å². The van der Waals surface area contributed by atoms with Gasteiger partial charge in [0.2, 0.25) is 11.8 Å². The highest BCUT2D eigenvalue weighted by atomic mass is 16.2. The van der Waals surface area contributed by atoms with Crippen LogP contribution in [0.25, 0.3) is 0 Å². The first-order valence-corrected chi connectivity index (χ1v) is 9.55. The van der Waals surface area contributed by atoms with Crippen LogP contribution in [0, 0.1) is 5.92 Å². The monoisotopic (exact) mass is 373 g/mol. The normalized spacial score (nSPS) is 17.3. The molecule has 6 heteroatoms. The van der Waals surface area contributed by atoms with Gasteiger partial charge < -0.3 is 15.5 Å². The summed E-state index contributed by atoms with van der Waals surface area (Å²) in [5.74, 6) is -0.570. The Labute approximate surface area is 161 Å². The Hall–Kier alpha value is -2.37. The minimum absolute atomic E-state index is 0.0251. The highest BCUT2D eigenvalue weighted by molar-refractivity contribution is 5.94. The van der Waals surface area contributed by atoms with E-state index in [2.05, 4.69) is 31.4 Å². The second kappa shape index (κ2) is 8.55. The SMILES string of the molecule is CC(C)N1CC(C(=O)NCCNC(=O)c2ccc(C(C)(C)C)cc2)CC1=O. The smallest absolute Gasteiger partial charge is 0.251 e. The first-order chi connectivity index (χ1) is 12.6. The lowest BCUT2D eigenvalue weighted by atomic mass is 9.87. The zero-order valence-electron chi connectivity index (χ0n) is 17.0. The van der Waals surface area contributed by atoms with Crippen molar-refractivity contribution < 1.29 is 14.4 Å². The third kappa shape index (κ3) is 5.55. The number of amides is 3. The standard InChI is InChI=1S/C21H31N3O3/c1-14(2)24-13-16(12-18(24)25)20(27)23-11-10-22-19(26)15-6-8-17(9-7-15)21(3,4)5/h6-9,14,16H,10-13H2,1-5H3,(H,22,26)(H,23,27). The highest BCUT2D eigenvalue weighted by Crippen LogP contribution is 2.22. The van der Waals surface area contributed by atoms with Gasteiger partial charge in [-0.05, 0) is 37.0 Å². The molecule has 1 aliphatic rings. The van der Waals surface area contributed by atoms with Crippen molar-refractivity contribution in [3.8, 4) is 0 Å². The van der Waals surface area contributed by atoms with Crippen LogP contribution in [-0.4, -0.2) is 48.3 Å². The van der Waals surface area contributed by atoms with Crippen molar-refractivity contribution >= 4 is 17.7 Å². The maximum atomic E-state index is 12.2. The molecule has 1 aromatic carbocycles. The van der Waals surface area contributed by atoms with Gasteiger partial charge in [0.15, 0.2) is 0 Å². The highest BCUT2D eigenvalue weighted by Gasteiger charge is 2.35. The van der Waals surface area contributed by atoms with Gasteiger partial charge in [0.1, 0.15) is 0 Å². The number of likely N-dealkylation sites (tertiary alicyclic amines) is 1. The van der Waals surface area contributed by atoms with E-state index in [4.69, 9.17) is 0 Å². The average Bonchev–Trinajstić information content (AvgIpc) is 3.00. The third-order valence-corrected chi connectivity index (χ3v) is 4.88. The Balaban J connectivity index is 1.74. The third-order valence-electron chi connectivity index (χ3n) is 4.88. The fraction of sp³-hybridized carbons (Fsp3) is 0.571. The van der Waals surface area contributed by atoms with Gasteiger partial charge in [0, 0.05) is 37.7 Å². The Kier molecular flexibility index (Phi) is 6.63. The summed E-state index contributed by atoms with van der Waals surface area (Å²) in [6, 6.07) is 7.68. The summed E-state index contributed by atoms with van der Waals surface area (Å²) in [7, 11) is 0. The van der Waals surface area contributed by atoms with Gasteiger partial charge in [-0.25, -0.2) is 0 Å². The number of carbonyl (C=O) groups is 3. The molecular formula is C21H31N3O3. The van der Waals surface area contributed by atoms with E-state index < -0.39 is 0 Å². The molecule has 1 aliphatic heterocycles. The lowest BCUT2D eigenvalue weighted by Gasteiger charge is -2.20. The van der Waals surface area contributed by atoms with Crippen LogP contribution in [0.5, 0.6) is 0 Å². The number of rotatable bonds is 6. The molecule has 1 atom stereocenters. The molecule has 1 heterocycles. The largest absolute Gasteiger partial charge is 0.354 e. The van der Waals surface area contributed by atoms with Gasteiger partial charge in [0.05, 0.1) is 5.92 Å². The predicted molar refractivity (Wildman–Crippen MR) is 105 cm³/mol. The maximum absolute atomic E-state index is 12.2. The van der Waals surface area contributed by atoms with Crippen molar-refractivity contribution in [2.24, 2.45) is 5.92 Å². The number of nitrogens with one attached hydrogen (secondary N) is 2. The van der Waals surface area contributed by atoms with Crippen molar-refractivity contribution in [2.45, 2.75) is 52.5 Å². The molecule has 27 heavy (non-hydrogen) atoms. The summed E-state index contributed by atoms with van der Waals surface area (Å²) in [4.78, 5) is 38.0. The molecule has 0 aliphatic carbocycles. The van der Waals surface area contributed by atoms with Crippen LogP contribution in [0.4, 0.5) is 0 Å². The fourth-order valence-electron chi connectivity index (χ4n) is 3.14. The first-order valence-electron chi connectivity index (χ1n) is 9.55. The van der Waals surface area contributed by atoms with Crippen molar-refractivity contribution in [3.63, 3.8) is 0 Å². The van der Waals surface area contributed by atoms with Gasteiger partial charge in [0.25, 0.3) is 5.91 Å². The quantitative estimate of drug-likeness (QED) is 0.750. The summed E-state index contributed by atoms with van der Waals surface area (Å²) in [5, 5.41) is 5.62. The lowest BCUT2D eigenvalue weighted by molar-refractivity contribution is -0.129. The van der Waals surface area contributed by atoms with Crippen molar-refractivity contribution in [1.29, 1.82) is 0 Å². The average molecular weight is 373 g/mol. The Morgan fingerprint density at radius 2 is 1.70 bits per heavy atom. The summed E-state index contributed by atoms with van der Waals surface area (Å²) in [6.07, 6.45) is 0.260. The van der Waals surface area contributed by atoms with Crippen LogP contribution in [-0.2, 0) is 15.0 Å². The molecule has 0 radical (unpaired) electrons. The summed E-state index contributed by atoms with van der Waals surface area (Å²) in [5.41, 5.74) is 1.82. The van der Waals surface area contributed by atoms with Gasteiger partial charge in [-0.2, -0.15) is 0 Å². The molecule has 0 saturated carbocycles. The van der Waals surface area contributed by atoms with E-state index in [9.17, 15) is 14.4 Å². The van der Waals surface area contributed by atoms with Crippen LogP contribution in [0.15, 0.2) is 24.3 Å².